The molecule has 0 saturated carbocycles. The summed E-state index contributed by atoms with van der Waals surface area (Å²) < 4.78 is 118. The van der Waals surface area contributed by atoms with E-state index in [9.17, 15) is 49.1 Å². The number of halogens is 7. The second-order valence-electron chi connectivity index (χ2n) is 9.37. The summed E-state index contributed by atoms with van der Waals surface area (Å²) in [6.07, 6.45) is -11.8. The molecular weight excluding hydrogens is 581 g/mol. The van der Waals surface area contributed by atoms with E-state index >= 15 is 0 Å². The average molecular weight is 605 g/mol. The van der Waals surface area contributed by atoms with Gasteiger partial charge in [-0.2, -0.15) is 26.3 Å². The Hall–Kier alpha value is -3.49. The number of hydrogen-bond donors (Lipinski definition) is 3. The molecule has 0 aliphatic carbocycles. The van der Waals surface area contributed by atoms with Gasteiger partial charge >= 0.3 is 12.4 Å². The summed E-state index contributed by atoms with van der Waals surface area (Å²) in [5.74, 6) is -1.97. The van der Waals surface area contributed by atoms with E-state index in [-0.39, 0.29) is 33.5 Å². The van der Waals surface area contributed by atoms with E-state index in [0.717, 1.165) is 0 Å². The molecule has 41 heavy (non-hydrogen) atoms. The molecule has 4 rings (SSSR count). The van der Waals surface area contributed by atoms with Gasteiger partial charge in [0.15, 0.2) is 9.84 Å². The van der Waals surface area contributed by atoms with Crippen molar-refractivity contribution in [1.29, 1.82) is 0 Å². The van der Waals surface area contributed by atoms with Gasteiger partial charge in [0.2, 0.25) is 5.91 Å². The van der Waals surface area contributed by atoms with Crippen LogP contribution in [-0.2, 0) is 26.7 Å². The third-order valence-corrected chi connectivity index (χ3v) is 8.57. The number of carbonyl (C=O) groups excluding carboxylic acids is 1. The zero-order valence-electron chi connectivity index (χ0n) is 21.2. The van der Waals surface area contributed by atoms with Crippen LogP contribution in [0, 0.1) is 5.82 Å². The van der Waals surface area contributed by atoms with Crippen LogP contribution in [0.25, 0.3) is 11.1 Å². The Morgan fingerprint density at radius 2 is 1.61 bits per heavy atom. The van der Waals surface area contributed by atoms with E-state index in [0.29, 0.717) is 36.2 Å². The Labute approximate surface area is 230 Å². The molecule has 6 nitrogen and oxygen atoms in total. The number of anilines is 1. The summed E-state index contributed by atoms with van der Waals surface area (Å²) in [5, 5.41) is 15.2. The topological polar surface area (TPSA) is 95.5 Å². The van der Waals surface area contributed by atoms with Gasteiger partial charge in [0, 0.05) is 23.4 Å². The summed E-state index contributed by atoms with van der Waals surface area (Å²) in [5.41, 5.74) is -5.67. The second-order valence-corrected chi connectivity index (χ2v) is 11.6. The Morgan fingerprint density at radius 3 is 2.17 bits per heavy atom. The number of nitrogens with one attached hydrogen (secondary N) is 2. The summed E-state index contributed by atoms with van der Waals surface area (Å²) in [6.45, 7) is 1.94. The van der Waals surface area contributed by atoms with Crippen LogP contribution < -0.4 is 10.6 Å². The van der Waals surface area contributed by atoms with Crippen LogP contribution in [0.3, 0.4) is 0 Å². The molecule has 14 heteroatoms. The maximum absolute atomic E-state index is 14.7. The van der Waals surface area contributed by atoms with Gasteiger partial charge in [-0.3, -0.25) is 4.79 Å². The molecule has 3 aromatic rings. The molecule has 1 heterocycles. The zero-order valence-corrected chi connectivity index (χ0v) is 22.0. The van der Waals surface area contributed by atoms with Crippen LogP contribution in [0.4, 0.5) is 36.4 Å². The third-order valence-electron chi connectivity index (χ3n) is 6.84. The van der Waals surface area contributed by atoms with Crippen molar-refractivity contribution >= 4 is 21.4 Å². The van der Waals surface area contributed by atoms with E-state index in [2.05, 4.69) is 10.6 Å². The number of hydrogen-bond acceptors (Lipinski definition) is 5. The summed E-state index contributed by atoms with van der Waals surface area (Å²) in [6, 6.07) is 10.1. The third kappa shape index (κ3) is 5.68. The lowest BCUT2D eigenvalue weighted by molar-refractivity contribution is -0.376. The Morgan fingerprint density at radius 1 is 0.976 bits per heavy atom. The van der Waals surface area contributed by atoms with Crippen molar-refractivity contribution in [3.05, 3.63) is 83.2 Å². The average Bonchev–Trinajstić information content (AvgIpc) is 2.91. The molecule has 220 valence electrons. The molecule has 1 aliphatic heterocycles. The van der Waals surface area contributed by atoms with Gasteiger partial charge in [-0.05, 0) is 53.4 Å². The number of amides is 1. The summed E-state index contributed by atoms with van der Waals surface area (Å²) in [4.78, 5) is 13.2. The van der Waals surface area contributed by atoms with Crippen molar-refractivity contribution < 1.29 is 49.1 Å². The molecule has 1 unspecified atom stereocenters. The zero-order chi connectivity index (χ0) is 30.4. The van der Waals surface area contributed by atoms with E-state index in [1.807, 2.05) is 0 Å². The normalized spacial score (nSPS) is 16.3. The van der Waals surface area contributed by atoms with Crippen molar-refractivity contribution in [2.24, 2.45) is 0 Å². The molecule has 3 aromatic carbocycles. The number of aliphatic hydroxyl groups is 1. The quantitative estimate of drug-likeness (QED) is 0.327. The number of sulfone groups is 1. The minimum absolute atomic E-state index is 0.0185. The Balaban J connectivity index is 1.54. The van der Waals surface area contributed by atoms with Gasteiger partial charge in [0.1, 0.15) is 11.9 Å². The van der Waals surface area contributed by atoms with Crippen LogP contribution in [0.15, 0.2) is 65.6 Å². The van der Waals surface area contributed by atoms with Gasteiger partial charge in [0.25, 0.3) is 5.60 Å². The van der Waals surface area contributed by atoms with Gasteiger partial charge in [-0.15, -0.1) is 0 Å². The van der Waals surface area contributed by atoms with Crippen molar-refractivity contribution in [3.8, 4) is 11.1 Å². The minimum Gasteiger partial charge on any atom is -0.369 e. The molecule has 0 bridgehead atoms. The van der Waals surface area contributed by atoms with Crippen molar-refractivity contribution in [2.75, 3.05) is 17.6 Å². The van der Waals surface area contributed by atoms with Crippen molar-refractivity contribution in [2.45, 2.75) is 42.2 Å². The highest BCUT2D eigenvalue weighted by atomic mass is 32.2. The Kier molecular flexibility index (Phi) is 7.97. The minimum atomic E-state index is -6.15. The first-order valence-corrected chi connectivity index (χ1v) is 13.8. The van der Waals surface area contributed by atoms with E-state index < -0.39 is 51.1 Å². The predicted molar refractivity (Wildman–Crippen MR) is 135 cm³/mol. The first-order chi connectivity index (χ1) is 19.0. The first kappa shape index (κ1) is 30.5. The van der Waals surface area contributed by atoms with Crippen LogP contribution in [0.2, 0.25) is 0 Å². The standard InChI is InChI=1S/C27H23F7N2O4S/c1-2-41(39,40)19-8-10-21-16(13-19)11-12-35-23(21)24(37)36-18-6-3-15(4-7-18)20-9-5-17(14-22(20)28)25(38,26(29,30)31)27(32,33)34/h3-10,13-14,23,35,38H,2,11-12H2,1H3,(H,36,37). The van der Waals surface area contributed by atoms with Crippen molar-refractivity contribution in [1.82, 2.24) is 5.32 Å². The first-order valence-electron chi connectivity index (χ1n) is 12.2. The van der Waals surface area contributed by atoms with Gasteiger partial charge in [-0.25, -0.2) is 12.8 Å². The highest BCUT2D eigenvalue weighted by Crippen LogP contribution is 2.50. The molecule has 1 amide bonds. The van der Waals surface area contributed by atoms with Gasteiger partial charge < -0.3 is 15.7 Å². The van der Waals surface area contributed by atoms with Crippen molar-refractivity contribution in [3.63, 3.8) is 0 Å². The number of rotatable bonds is 6. The number of benzene rings is 3. The molecular formula is C27H23F7N2O4S. The lowest BCUT2D eigenvalue weighted by Gasteiger charge is -2.32. The van der Waals surface area contributed by atoms with E-state index in [1.165, 1.54) is 37.3 Å². The second kappa shape index (κ2) is 10.7. The molecule has 1 aliphatic rings. The summed E-state index contributed by atoms with van der Waals surface area (Å²) >= 11 is 0. The fourth-order valence-electron chi connectivity index (χ4n) is 4.55. The maximum Gasteiger partial charge on any atom is 0.430 e. The van der Waals surface area contributed by atoms with Crippen LogP contribution >= 0.6 is 0 Å². The highest BCUT2D eigenvalue weighted by molar-refractivity contribution is 7.91. The predicted octanol–water partition coefficient (Wildman–Crippen LogP) is 5.42. The fraction of sp³-hybridized carbons (Fsp3) is 0.296. The highest BCUT2D eigenvalue weighted by Gasteiger charge is 2.71. The molecule has 0 fully saturated rings. The van der Waals surface area contributed by atoms with Crippen LogP contribution in [-0.4, -0.2) is 44.1 Å². The SMILES string of the molecule is CCS(=O)(=O)c1ccc2c(c1)CCNC2C(=O)Nc1ccc(-c2ccc(C(O)(C(F)(F)F)C(F)(F)F)cc2F)cc1. The summed E-state index contributed by atoms with van der Waals surface area (Å²) in [7, 11) is -3.43. The van der Waals surface area contributed by atoms with Gasteiger partial charge in [-0.1, -0.05) is 37.3 Å². The molecule has 3 N–H and O–H groups in total. The monoisotopic (exact) mass is 604 g/mol. The van der Waals surface area contributed by atoms with E-state index in [4.69, 9.17) is 0 Å². The van der Waals surface area contributed by atoms with E-state index in [1.54, 1.807) is 12.1 Å². The lowest BCUT2D eigenvalue weighted by atomic mass is 9.90. The Bertz CT molecular complexity index is 1560. The van der Waals surface area contributed by atoms with Crippen LogP contribution in [0.5, 0.6) is 0 Å². The van der Waals surface area contributed by atoms with Crippen LogP contribution in [0.1, 0.15) is 29.7 Å². The number of alkyl halides is 6. The molecule has 0 saturated heterocycles. The maximum atomic E-state index is 14.7. The number of carbonyl (C=O) groups is 1. The lowest BCUT2D eigenvalue weighted by Crippen LogP contribution is -2.53. The largest absolute Gasteiger partial charge is 0.430 e. The molecule has 0 spiro atoms. The molecule has 0 radical (unpaired) electrons. The molecule has 1 atom stereocenters. The number of fused-ring (bicyclic) bond motifs is 1. The fourth-order valence-corrected chi connectivity index (χ4v) is 5.48. The van der Waals surface area contributed by atoms with Gasteiger partial charge in [0.05, 0.1) is 10.6 Å². The smallest absolute Gasteiger partial charge is 0.369 e. The molecule has 0 aromatic heterocycles.